The number of halogens is 1. The van der Waals surface area contributed by atoms with Gasteiger partial charge >= 0.3 is 0 Å². The monoisotopic (exact) mass is 441 g/mol. The van der Waals surface area contributed by atoms with Gasteiger partial charge in [-0.05, 0) is 44.7 Å². The van der Waals surface area contributed by atoms with Crippen LogP contribution < -0.4 is 5.32 Å². The number of amides is 1. The highest BCUT2D eigenvalue weighted by Crippen LogP contribution is 2.29. The molecule has 0 fully saturated rings. The zero-order valence-corrected chi connectivity index (χ0v) is 18.9. The quantitative estimate of drug-likeness (QED) is 0.482. The van der Waals surface area contributed by atoms with Gasteiger partial charge in [-0.1, -0.05) is 49.0 Å². The molecule has 0 unspecified atom stereocenters. The number of para-hydroxylation sites is 1. The van der Waals surface area contributed by atoms with Gasteiger partial charge in [0, 0.05) is 24.8 Å². The molecule has 6 nitrogen and oxygen atoms in total. The van der Waals surface area contributed by atoms with E-state index >= 15 is 0 Å². The number of benzene rings is 2. The first-order valence-corrected chi connectivity index (χ1v) is 11.4. The summed E-state index contributed by atoms with van der Waals surface area (Å²) in [7, 11) is 0. The van der Waals surface area contributed by atoms with E-state index in [9.17, 15) is 9.18 Å². The van der Waals surface area contributed by atoms with Crippen molar-refractivity contribution in [3.05, 3.63) is 60.4 Å². The molecule has 0 aliphatic carbocycles. The fourth-order valence-electron chi connectivity index (χ4n) is 3.29. The van der Waals surface area contributed by atoms with Crippen molar-refractivity contribution in [2.24, 2.45) is 0 Å². The number of rotatable bonds is 10. The molecule has 3 aromatic rings. The lowest BCUT2D eigenvalue weighted by Gasteiger charge is -2.24. The Bertz CT molecular complexity index is 993. The van der Waals surface area contributed by atoms with Crippen LogP contribution in [-0.2, 0) is 4.79 Å². The van der Waals surface area contributed by atoms with Crippen molar-refractivity contribution in [1.29, 1.82) is 0 Å². The molecule has 1 amide bonds. The van der Waals surface area contributed by atoms with E-state index in [1.807, 2.05) is 30.3 Å². The van der Waals surface area contributed by atoms with Crippen molar-refractivity contribution in [1.82, 2.24) is 25.0 Å². The maximum absolute atomic E-state index is 14.4. The molecule has 0 saturated carbocycles. The molecule has 0 bridgehead atoms. The van der Waals surface area contributed by atoms with Crippen LogP contribution in [0.5, 0.6) is 0 Å². The van der Waals surface area contributed by atoms with Gasteiger partial charge in [-0.2, -0.15) is 0 Å². The summed E-state index contributed by atoms with van der Waals surface area (Å²) < 4.78 is 16.2. The average Bonchev–Trinajstić information content (AvgIpc) is 3.19. The number of aromatic nitrogens is 3. The van der Waals surface area contributed by atoms with Crippen molar-refractivity contribution in [2.75, 3.05) is 25.4 Å². The van der Waals surface area contributed by atoms with Crippen molar-refractivity contribution < 1.29 is 9.18 Å². The van der Waals surface area contributed by atoms with Gasteiger partial charge in [0.1, 0.15) is 5.82 Å². The van der Waals surface area contributed by atoms with Gasteiger partial charge in [-0.15, -0.1) is 10.2 Å². The zero-order chi connectivity index (χ0) is 22.2. The Hall–Kier alpha value is -2.71. The number of likely N-dealkylation sites (N-methyl/N-ethyl adjacent to an activating group) is 1. The molecule has 0 radical (unpaired) electrons. The third-order valence-electron chi connectivity index (χ3n) is 4.95. The van der Waals surface area contributed by atoms with Crippen LogP contribution >= 0.6 is 11.8 Å². The lowest BCUT2D eigenvalue weighted by Crippen LogP contribution is -2.38. The Morgan fingerprint density at radius 1 is 1.13 bits per heavy atom. The predicted octanol–water partition coefficient (Wildman–Crippen LogP) is 4.01. The van der Waals surface area contributed by atoms with E-state index in [4.69, 9.17) is 0 Å². The number of hydrogen-bond donors (Lipinski definition) is 1. The summed E-state index contributed by atoms with van der Waals surface area (Å²) in [5, 5.41) is 12.0. The number of hydrogen-bond acceptors (Lipinski definition) is 5. The molecule has 1 heterocycles. The number of carbonyl (C=O) groups excluding carboxylic acids is 1. The minimum absolute atomic E-state index is 0.0696. The number of carbonyl (C=O) groups is 1. The molecule has 0 atom stereocenters. The third-order valence-corrected chi connectivity index (χ3v) is 5.88. The maximum atomic E-state index is 14.4. The van der Waals surface area contributed by atoms with Gasteiger partial charge < -0.3 is 5.32 Å². The Balaban J connectivity index is 1.73. The molecule has 8 heteroatoms. The van der Waals surface area contributed by atoms with Crippen molar-refractivity contribution in [2.45, 2.75) is 32.0 Å². The third kappa shape index (κ3) is 5.92. The average molecular weight is 442 g/mol. The Kier molecular flexibility index (Phi) is 8.20. The number of nitrogens with one attached hydrogen (secondary N) is 1. The van der Waals surface area contributed by atoms with Crippen LogP contribution in [0.15, 0.2) is 59.8 Å². The molecule has 31 heavy (non-hydrogen) atoms. The minimum atomic E-state index is -0.369. The molecule has 2 aromatic carbocycles. The molecule has 0 aliphatic rings. The predicted molar refractivity (Wildman–Crippen MR) is 123 cm³/mol. The number of thioether (sulfide) groups is 1. The fraction of sp³-hybridized carbons (Fsp3) is 0.348. The molecular formula is C23H28FN5OS. The molecule has 0 saturated heterocycles. The standard InChI is InChI=1S/C23H28FN5OS/c1-4-28(17(2)3)15-14-25-21(30)16-31-23-27-26-22(19-12-8-9-13-20(19)24)29(23)18-10-6-5-7-11-18/h5-13,17H,4,14-16H2,1-3H3,(H,25,30). The molecule has 0 aliphatic heterocycles. The SMILES string of the molecule is CCN(CCNC(=O)CSc1nnc(-c2ccccc2F)n1-c1ccccc1)C(C)C. The van der Waals surface area contributed by atoms with Crippen molar-refractivity contribution in [3.63, 3.8) is 0 Å². The van der Waals surface area contributed by atoms with Gasteiger partial charge in [-0.25, -0.2) is 4.39 Å². The van der Waals surface area contributed by atoms with Crippen molar-refractivity contribution >= 4 is 17.7 Å². The van der Waals surface area contributed by atoms with Gasteiger partial charge in [0.25, 0.3) is 0 Å². The molecule has 1 aromatic heterocycles. The Morgan fingerprint density at radius 3 is 2.52 bits per heavy atom. The fourth-order valence-corrected chi connectivity index (χ4v) is 4.07. The smallest absolute Gasteiger partial charge is 0.230 e. The molecular weight excluding hydrogens is 413 g/mol. The first-order valence-electron chi connectivity index (χ1n) is 10.4. The highest BCUT2D eigenvalue weighted by Gasteiger charge is 2.19. The van der Waals surface area contributed by atoms with E-state index in [0.717, 1.165) is 18.8 Å². The number of nitrogens with zero attached hydrogens (tertiary/aromatic N) is 4. The second-order valence-electron chi connectivity index (χ2n) is 7.32. The van der Waals surface area contributed by atoms with Crippen LogP contribution in [0, 0.1) is 5.82 Å². The van der Waals surface area contributed by atoms with E-state index < -0.39 is 0 Å². The van der Waals surface area contributed by atoms with Gasteiger partial charge in [0.2, 0.25) is 5.91 Å². The van der Waals surface area contributed by atoms with Gasteiger partial charge in [-0.3, -0.25) is 14.3 Å². The lowest BCUT2D eigenvalue weighted by atomic mass is 10.2. The lowest BCUT2D eigenvalue weighted by molar-refractivity contribution is -0.118. The topological polar surface area (TPSA) is 63.1 Å². The highest BCUT2D eigenvalue weighted by atomic mass is 32.2. The van der Waals surface area contributed by atoms with E-state index in [1.165, 1.54) is 17.8 Å². The van der Waals surface area contributed by atoms with Crippen LogP contribution in [0.3, 0.4) is 0 Å². The Morgan fingerprint density at radius 2 is 1.84 bits per heavy atom. The van der Waals surface area contributed by atoms with Crippen LogP contribution in [-0.4, -0.2) is 57.0 Å². The van der Waals surface area contributed by atoms with Crippen LogP contribution in [0.25, 0.3) is 17.1 Å². The van der Waals surface area contributed by atoms with E-state index in [0.29, 0.717) is 29.1 Å². The second-order valence-corrected chi connectivity index (χ2v) is 8.26. The summed E-state index contributed by atoms with van der Waals surface area (Å²) in [6.07, 6.45) is 0. The van der Waals surface area contributed by atoms with Crippen LogP contribution in [0.4, 0.5) is 4.39 Å². The van der Waals surface area contributed by atoms with Crippen LogP contribution in [0.1, 0.15) is 20.8 Å². The van der Waals surface area contributed by atoms with Gasteiger partial charge in [0.15, 0.2) is 11.0 Å². The van der Waals surface area contributed by atoms with Crippen molar-refractivity contribution in [3.8, 4) is 17.1 Å². The summed E-state index contributed by atoms with van der Waals surface area (Å²) in [5.74, 6) is 0.172. The van der Waals surface area contributed by atoms with E-state index in [2.05, 4.69) is 41.2 Å². The summed E-state index contributed by atoms with van der Waals surface area (Å²) >= 11 is 1.28. The van der Waals surface area contributed by atoms with E-state index in [1.54, 1.807) is 22.8 Å². The van der Waals surface area contributed by atoms with Gasteiger partial charge in [0.05, 0.1) is 11.3 Å². The normalized spacial score (nSPS) is 11.3. The highest BCUT2D eigenvalue weighted by molar-refractivity contribution is 7.99. The first kappa shape index (κ1) is 23.0. The minimum Gasteiger partial charge on any atom is -0.354 e. The molecule has 0 spiro atoms. The summed E-state index contributed by atoms with van der Waals surface area (Å²) in [6, 6.07) is 16.4. The molecule has 164 valence electrons. The largest absolute Gasteiger partial charge is 0.354 e. The first-order chi connectivity index (χ1) is 15.0. The molecule has 1 N–H and O–H groups in total. The molecule has 3 rings (SSSR count). The summed E-state index contributed by atoms with van der Waals surface area (Å²) in [4.78, 5) is 14.7. The zero-order valence-electron chi connectivity index (χ0n) is 18.1. The van der Waals surface area contributed by atoms with E-state index in [-0.39, 0.29) is 17.5 Å². The Labute approximate surface area is 186 Å². The van der Waals surface area contributed by atoms with Crippen LogP contribution in [0.2, 0.25) is 0 Å². The maximum Gasteiger partial charge on any atom is 0.230 e. The summed E-state index contributed by atoms with van der Waals surface area (Å²) in [5.41, 5.74) is 1.17. The summed E-state index contributed by atoms with van der Waals surface area (Å²) in [6.45, 7) is 8.75. The second kappa shape index (κ2) is 11.1.